The van der Waals surface area contributed by atoms with Crippen molar-refractivity contribution in [1.82, 2.24) is 9.80 Å². The highest BCUT2D eigenvalue weighted by Gasteiger charge is 2.38. The number of nitrogens with one attached hydrogen (secondary N) is 1. The Labute approximate surface area is 216 Å². The molecule has 1 fully saturated rings. The monoisotopic (exact) mass is 518 g/mol. The second-order valence-electron chi connectivity index (χ2n) is 8.96. The molecule has 7 nitrogen and oxygen atoms in total. The van der Waals surface area contributed by atoms with Gasteiger partial charge in [0.25, 0.3) is 0 Å². The van der Waals surface area contributed by atoms with Gasteiger partial charge in [0.05, 0.1) is 35.9 Å². The van der Waals surface area contributed by atoms with Crippen molar-refractivity contribution >= 4 is 46.6 Å². The van der Waals surface area contributed by atoms with Crippen LogP contribution >= 0.6 is 23.2 Å². The first-order chi connectivity index (χ1) is 16.7. The molecule has 0 unspecified atom stereocenters. The number of hydrogen-bond acceptors (Lipinski definition) is 5. The molecular weight excluding hydrogens is 487 g/mol. The second-order valence-corrected chi connectivity index (χ2v) is 9.80. The normalized spacial score (nSPS) is 17.6. The molecule has 188 valence electrons. The minimum Gasteiger partial charge on any atom is -0.324 e. The van der Waals surface area contributed by atoms with Crippen molar-refractivity contribution in [2.24, 2.45) is 11.7 Å². The van der Waals surface area contributed by atoms with Crippen LogP contribution in [0.15, 0.2) is 48.5 Å². The Morgan fingerprint density at radius 2 is 1.89 bits per heavy atom. The Kier molecular flexibility index (Phi) is 9.69. The molecule has 3 amide bonds. The lowest BCUT2D eigenvalue weighted by Crippen LogP contribution is -2.54. The summed E-state index contributed by atoms with van der Waals surface area (Å²) >= 11 is 12.1. The van der Waals surface area contributed by atoms with E-state index in [-0.39, 0.29) is 30.8 Å². The van der Waals surface area contributed by atoms with E-state index in [1.165, 1.54) is 4.90 Å². The van der Waals surface area contributed by atoms with Gasteiger partial charge >= 0.3 is 0 Å². The van der Waals surface area contributed by atoms with Crippen LogP contribution in [0.4, 0.5) is 5.69 Å². The third-order valence-electron chi connectivity index (χ3n) is 6.46. The van der Waals surface area contributed by atoms with Crippen LogP contribution in [0.3, 0.4) is 0 Å². The molecule has 35 heavy (non-hydrogen) atoms. The number of benzene rings is 2. The summed E-state index contributed by atoms with van der Waals surface area (Å²) in [5, 5.41) is 3.57. The predicted molar refractivity (Wildman–Crippen MR) is 139 cm³/mol. The zero-order chi connectivity index (χ0) is 25.5. The maximum atomic E-state index is 13.7. The molecular formula is C26H32Cl2N4O3. The molecule has 0 saturated carbocycles. The van der Waals surface area contributed by atoms with Crippen molar-refractivity contribution in [3.05, 3.63) is 64.1 Å². The van der Waals surface area contributed by atoms with Crippen LogP contribution in [0.5, 0.6) is 0 Å². The number of carbonyl (C=O) groups excluding carboxylic acids is 3. The molecule has 2 aromatic rings. The number of halogens is 2. The fourth-order valence-electron chi connectivity index (χ4n) is 4.15. The number of nitrogens with two attached hydrogens (primary N) is 1. The van der Waals surface area contributed by atoms with Gasteiger partial charge in [-0.25, -0.2) is 0 Å². The SMILES string of the molecule is CC[C@H](C)[C@H](N)C(=O)N(Cc1ccccc1)C(=O)[C@@H]1CCCN1CC(=O)Nc1ccc(Cl)cc1Cl. The highest BCUT2D eigenvalue weighted by atomic mass is 35.5. The van der Waals surface area contributed by atoms with Gasteiger partial charge in [0, 0.05) is 5.02 Å². The zero-order valence-corrected chi connectivity index (χ0v) is 21.6. The molecule has 3 N–H and O–H groups in total. The first-order valence-corrected chi connectivity index (χ1v) is 12.6. The first kappa shape index (κ1) is 27.1. The lowest BCUT2D eigenvalue weighted by Gasteiger charge is -2.31. The molecule has 0 aromatic heterocycles. The van der Waals surface area contributed by atoms with E-state index in [0.717, 1.165) is 18.4 Å². The molecule has 1 aliphatic rings. The van der Waals surface area contributed by atoms with Gasteiger partial charge in [-0.1, -0.05) is 73.8 Å². The average molecular weight is 519 g/mol. The molecule has 3 rings (SSSR count). The number of likely N-dealkylation sites (tertiary alicyclic amines) is 1. The van der Waals surface area contributed by atoms with Gasteiger partial charge in [0.15, 0.2) is 0 Å². The molecule has 3 atom stereocenters. The summed E-state index contributed by atoms with van der Waals surface area (Å²) in [5.74, 6) is -1.08. The van der Waals surface area contributed by atoms with E-state index in [1.807, 2.05) is 49.1 Å². The van der Waals surface area contributed by atoms with E-state index >= 15 is 0 Å². The Bertz CT molecular complexity index is 1050. The van der Waals surface area contributed by atoms with Crippen molar-refractivity contribution in [2.45, 2.75) is 51.7 Å². The van der Waals surface area contributed by atoms with Crippen molar-refractivity contribution < 1.29 is 14.4 Å². The van der Waals surface area contributed by atoms with Gasteiger partial charge in [-0.15, -0.1) is 0 Å². The molecule has 2 aromatic carbocycles. The summed E-state index contributed by atoms with van der Waals surface area (Å²) in [7, 11) is 0. The number of amides is 3. The van der Waals surface area contributed by atoms with E-state index in [4.69, 9.17) is 28.9 Å². The van der Waals surface area contributed by atoms with E-state index < -0.39 is 18.0 Å². The lowest BCUT2D eigenvalue weighted by atomic mass is 9.98. The van der Waals surface area contributed by atoms with Crippen molar-refractivity contribution in [3.8, 4) is 0 Å². The van der Waals surface area contributed by atoms with E-state index in [2.05, 4.69) is 5.32 Å². The average Bonchev–Trinajstić information content (AvgIpc) is 3.31. The number of nitrogens with zero attached hydrogens (tertiary/aromatic N) is 2. The molecule has 1 aliphatic heterocycles. The van der Waals surface area contributed by atoms with Crippen LogP contribution in [0.1, 0.15) is 38.7 Å². The molecule has 0 bridgehead atoms. The fraction of sp³-hybridized carbons (Fsp3) is 0.423. The maximum Gasteiger partial charge on any atom is 0.246 e. The van der Waals surface area contributed by atoms with E-state index in [0.29, 0.717) is 28.7 Å². The zero-order valence-electron chi connectivity index (χ0n) is 20.0. The summed E-state index contributed by atoms with van der Waals surface area (Å²) < 4.78 is 0. The molecule has 0 spiro atoms. The minimum absolute atomic E-state index is 0.000145. The largest absolute Gasteiger partial charge is 0.324 e. The first-order valence-electron chi connectivity index (χ1n) is 11.8. The molecule has 1 heterocycles. The third-order valence-corrected chi connectivity index (χ3v) is 7.01. The summed E-state index contributed by atoms with van der Waals surface area (Å²) in [6.07, 6.45) is 2.03. The molecule has 0 radical (unpaired) electrons. The van der Waals surface area contributed by atoms with Gasteiger partial charge in [-0.3, -0.25) is 24.2 Å². The second kappa shape index (κ2) is 12.5. The highest BCUT2D eigenvalue weighted by Crippen LogP contribution is 2.26. The van der Waals surface area contributed by atoms with Crippen LogP contribution in [0.25, 0.3) is 0 Å². The van der Waals surface area contributed by atoms with Gasteiger partial charge < -0.3 is 11.1 Å². The molecule has 1 saturated heterocycles. The summed E-state index contributed by atoms with van der Waals surface area (Å²) in [5.41, 5.74) is 7.53. The predicted octanol–water partition coefficient (Wildman–Crippen LogP) is 4.33. The Hall–Kier alpha value is -2.45. The van der Waals surface area contributed by atoms with Crippen molar-refractivity contribution in [2.75, 3.05) is 18.4 Å². The van der Waals surface area contributed by atoms with Gasteiger partial charge in [-0.05, 0) is 49.1 Å². The minimum atomic E-state index is -0.780. The summed E-state index contributed by atoms with van der Waals surface area (Å²) in [6, 6.07) is 12.8. The fourth-order valence-corrected chi connectivity index (χ4v) is 4.60. The maximum absolute atomic E-state index is 13.7. The van der Waals surface area contributed by atoms with E-state index in [1.54, 1.807) is 18.2 Å². The number of hydrogen-bond donors (Lipinski definition) is 2. The van der Waals surface area contributed by atoms with Crippen LogP contribution in [-0.4, -0.2) is 52.7 Å². The van der Waals surface area contributed by atoms with Crippen LogP contribution in [-0.2, 0) is 20.9 Å². The highest BCUT2D eigenvalue weighted by molar-refractivity contribution is 6.36. The van der Waals surface area contributed by atoms with Crippen molar-refractivity contribution in [3.63, 3.8) is 0 Å². The number of anilines is 1. The molecule has 0 aliphatic carbocycles. The third kappa shape index (κ3) is 7.04. The smallest absolute Gasteiger partial charge is 0.246 e. The van der Waals surface area contributed by atoms with Crippen LogP contribution < -0.4 is 11.1 Å². The van der Waals surface area contributed by atoms with Gasteiger partial charge in [0.1, 0.15) is 0 Å². The number of rotatable bonds is 9. The van der Waals surface area contributed by atoms with Gasteiger partial charge in [-0.2, -0.15) is 0 Å². The van der Waals surface area contributed by atoms with Crippen LogP contribution in [0.2, 0.25) is 10.0 Å². The molecule has 9 heteroatoms. The Balaban J connectivity index is 1.76. The van der Waals surface area contributed by atoms with Gasteiger partial charge in [0.2, 0.25) is 17.7 Å². The summed E-state index contributed by atoms with van der Waals surface area (Å²) in [6.45, 7) is 4.58. The number of imide groups is 1. The summed E-state index contributed by atoms with van der Waals surface area (Å²) in [4.78, 5) is 42.8. The lowest BCUT2D eigenvalue weighted by molar-refractivity contribution is -0.150. The van der Waals surface area contributed by atoms with E-state index in [9.17, 15) is 14.4 Å². The standard InChI is InChI=1S/C26H32Cl2N4O3/c1-3-17(2)24(29)26(35)32(15-18-8-5-4-6-9-18)25(34)22-10-7-13-31(22)16-23(33)30-21-12-11-19(27)14-20(21)28/h4-6,8-9,11-12,14,17,22,24H,3,7,10,13,15-16,29H2,1-2H3,(H,30,33)/t17-,22-,24-/m0/s1. The number of carbonyl (C=O) groups is 3. The quantitative estimate of drug-likeness (QED) is 0.515. The van der Waals surface area contributed by atoms with Crippen molar-refractivity contribution in [1.29, 1.82) is 0 Å². The Morgan fingerprint density at radius 3 is 2.54 bits per heavy atom. The Morgan fingerprint density at radius 1 is 1.17 bits per heavy atom. The van der Waals surface area contributed by atoms with Crippen LogP contribution in [0, 0.1) is 5.92 Å². The topological polar surface area (TPSA) is 95.7 Å².